The van der Waals surface area contributed by atoms with Crippen molar-refractivity contribution in [2.75, 3.05) is 7.11 Å². The lowest BCUT2D eigenvalue weighted by Crippen LogP contribution is -2.06. The molecule has 5 nitrogen and oxygen atoms in total. The number of methoxy groups -OCH3 is 1. The fraction of sp³-hybridized carbons (Fsp3) is 0.133. The van der Waals surface area contributed by atoms with Gasteiger partial charge in [0.2, 0.25) is 0 Å². The van der Waals surface area contributed by atoms with Gasteiger partial charge in [-0.1, -0.05) is 0 Å². The molecule has 98 valence electrons. The van der Waals surface area contributed by atoms with Crippen LogP contribution < -0.4 is 10.4 Å². The van der Waals surface area contributed by atoms with Crippen LogP contribution in [0.3, 0.4) is 0 Å². The van der Waals surface area contributed by atoms with Crippen molar-refractivity contribution in [2.24, 2.45) is 0 Å². The maximum atomic E-state index is 12.0. The largest absolute Gasteiger partial charge is 0.497 e. The molecule has 0 N–H and O–H groups in total. The van der Waals surface area contributed by atoms with Crippen molar-refractivity contribution < 1.29 is 9.15 Å². The Morgan fingerprint density at radius 1 is 1.25 bits per heavy atom. The second kappa shape index (κ2) is 5.29. The van der Waals surface area contributed by atoms with Gasteiger partial charge in [0.1, 0.15) is 29.0 Å². The molecule has 1 heterocycles. The summed E-state index contributed by atoms with van der Waals surface area (Å²) in [4.78, 5) is 12.0. The lowest BCUT2D eigenvalue weighted by Gasteiger charge is -2.04. The summed E-state index contributed by atoms with van der Waals surface area (Å²) < 4.78 is 10.3. The van der Waals surface area contributed by atoms with Crippen LogP contribution in [-0.4, -0.2) is 7.11 Å². The van der Waals surface area contributed by atoms with Gasteiger partial charge < -0.3 is 9.15 Å². The Kier molecular flexibility index (Phi) is 3.54. The Bertz CT molecular complexity index is 832. The molecule has 0 spiro atoms. The second-order valence-electron chi connectivity index (χ2n) is 4.07. The van der Waals surface area contributed by atoms with Gasteiger partial charge in [0.25, 0.3) is 0 Å². The summed E-state index contributed by atoms with van der Waals surface area (Å²) in [6, 6.07) is 10.2. The fourth-order valence-corrected chi connectivity index (χ4v) is 1.81. The van der Waals surface area contributed by atoms with Gasteiger partial charge in [-0.05, 0) is 30.7 Å². The monoisotopic (exact) mass is 266 g/mol. The number of allylic oxidation sites excluding steroid dienone is 2. The van der Waals surface area contributed by atoms with Crippen molar-refractivity contribution in [2.45, 2.75) is 6.92 Å². The minimum Gasteiger partial charge on any atom is -0.497 e. The van der Waals surface area contributed by atoms with E-state index in [1.165, 1.54) is 7.11 Å². The van der Waals surface area contributed by atoms with Crippen LogP contribution in [-0.2, 0) is 0 Å². The van der Waals surface area contributed by atoms with Crippen LogP contribution in [0.5, 0.6) is 5.75 Å². The molecule has 0 saturated carbocycles. The first kappa shape index (κ1) is 13.4. The number of nitrogens with zero attached hydrogens (tertiary/aromatic N) is 2. The molecule has 0 aliphatic rings. The number of hydrogen-bond acceptors (Lipinski definition) is 5. The third-order valence-electron chi connectivity index (χ3n) is 2.95. The van der Waals surface area contributed by atoms with Crippen molar-refractivity contribution in [3.8, 4) is 17.9 Å². The number of hydrogen-bond donors (Lipinski definition) is 0. The Balaban J connectivity index is 2.73. The zero-order chi connectivity index (χ0) is 14.7. The van der Waals surface area contributed by atoms with Crippen LogP contribution in [0.1, 0.15) is 12.5 Å². The van der Waals surface area contributed by atoms with Crippen molar-refractivity contribution in [1.82, 2.24) is 0 Å². The zero-order valence-corrected chi connectivity index (χ0v) is 10.9. The van der Waals surface area contributed by atoms with E-state index in [4.69, 9.17) is 19.7 Å². The van der Waals surface area contributed by atoms with Gasteiger partial charge in [-0.25, -0.2) is 4.79 Å². The Hall–Kier alpha value is -3.05. The highest BCUT2D eigenvalue weighted by molar-refractivity contribution is 5.83. The molecule has 0 aliphatic carbocycles. The van der Waals surface area contributed by atoms with Crippen LogP contribution in [0.2, 0.25) is 0 Å². The minimum absolute atomic E-state index is 0.106. The van der Waals surface area contributed by atoms with E-state index in [-0.39, 0.29) is 11.1 Å². The summed E-state index contributed by atoms with van der Waals surface area (Å²) in [6.45, 7) is 1.55. The van der Waals surface area contributed by atoms with E-state index in [1.54, 1.807) is 43.3 Å². The number of rotatable bonds is 2. The molecule has 20 heavy (non-hydrogen) atoms. The van der Waals surface area contributed by atoms with E-state index < -0.39 is 5.63 Å². The molecule has 2 aromatic rings. The molecule has 0 radical (unpaired) electrons. The highest BCUT2D eigenvalue weighted by Gasteiger charge is 2.11. The average Bonchev–Trinajstić information content (AvgIpc) is 2.47. The third kappa shape index (κ3) is 2.25. The summed E-state index contributed by atoms with van der Waals surface area (Å²) in [6.07, 6.45) is 0. The molecule has 0 aliphatic heterocycles. The number of benzene rings is 1. The number of fused-ring (bicyclic) bond motifs is 1. The third-order valence-corrected chi connectivity index (χ3v) is 2.95. The smallest absolute Gasteiger partial charge is 0.343 e. The first-order chi connectivity index (χ1) is 9.60. The quantitative estimate of drug-likeness (QED) is 0.616. The van der Waals surface area contributed by atoms with Gasteiger partial charge in [0.05, 0.1) is 12.7 Å². The summed E-state index contributed by atoms with van der Waals surface area (Å²) in [5, 5.41) is 18.4. The van der Waals surface area contributed by atoms with Crippen molar-refractivity contribution in [3.05, 3.63) is 45.8 Å². The summed E-state index contributed by atoms with van der Waals surface area (Å²) in [7, 11) is 1.52. The van der Waals surface area contributed by atoms with Gasteiger partial charge in [0, 0.05) is 11.5 Å². The summed E-state index contributed by atoms with van der Waals surface area (Å²) >= 11 is 0. The Morgan fingerprint density at radius 3 is 2.55 bits per heavy atom. The first-order valence-electron chi connectivity index (χ1n) is 5.74. The zero-order valence-electron chi connectivity index (χ0n) is 10.9. The van der Waals surface area contributed by atoms with Gasteiger partial charge in [-0.2, -0.15) is 10.5 Å². The molecule has 5 heteroatoms. The van der Waals surface area contributed by atoms with Crippen LogP contribution in [0.25, 0.3) is 16.5 Å². The molecular weight excluding hydrogens is 256 g/mol. The Labute approximate surface area is 114 Å². The van der Waals surface area contributed by atoms with E-state index in [0.717, 1.165) is 0 Å². The van der Waals surface area contributed by atoms with E-state index in [9.17, 15) is 4.79 Å². The maximum Gasteiger partial charge on any atom is 0.343 e. The molecule has 1 aromatic heterocycles. The summed E-state index contributed by atoms with van der Waals surface area (Å²) in [5.41, 5.74) is 0.208. The first-order valence-corrected chi connectivity index (χ1v) is 5.74. The summed E-state index contributed by atoms with van der Waals surface area (Å²) in [5.74, 6) is 0.579. The van der Waals surface area contributed by atoms with Gasteiger partial charge in [0.15, 0.2) is 0 Å². The van der Waals surface area contributed by atoms with E-state index in [2.05, 4.69) is 0 Å². The van der Waals surface area contributed by atoms with E-state index in [0.29, 0.717) is 22.3 Å². The van der Waals surface area contributed by atoms with E-state index in [1.807, 2.05) is 0 Å². The standard InChI is InChI=1S/C15H10N2O3/c1-9(11(7-16)8-17)13-5-10-3-4-12(19-2)6-14(10)20-15(13)18/h3-6H,1-2H3. The molecule has 1 aromatic carbocycles. The molecule has 0 saturated heterocycles. The van der Waals surface area contributed by atoms with Crippen LogP contribution in [0, 0.1) is 22.7 Å². The fourth-order valence-electron chi connectivity index (χ4n) is 1.81. The van der Waals surface area contributed by atoms with Crippen LogP contribution in [0.15, 0.2) is 39.1 Å². The van der Waals surface area contributed by atoms with Gasteiger partial charge in [-0.15, -0.1) is 0 Å². The molecular formula is C15H10N2O3. The van der Waals surface area contributed by atoms with Gasteiger partial charge in [-0.3, -0.25) is 0 Å². The topological polar surface area (TPSA) is 87.0 Å². The number of nitriles is 2. The lowest BCUT2D eigenvalue weighted by molar-refractivity contribution is 0.414. The normalized spacial score (nSPS) is 9.60. The molecule has 0 unspecified atom stereocenters. The Morgan fingerprint density at radius 2 is 1.95 bits per heavy atom. The molecule has 0 fully saturated rings. The highest BCUT2D eigenvalue weighted by atomic mass is 16.5. The van der Waals surface area contributed by atoms with Crippen LogP contribution in [0.4, 0.5) is 0 Å². The minimum atomic E-state index is -0.591. The molecule has 0 atom stereocenters. The number of ether oxygens (including phenoxy) is 1. The second-order valence-corrected chi connectivity index (χ2v) is 4.07. The lowest BCUT2D eigenvalue weighted by atomic mass is 10.0. The average molecular weight is 266 g/mol. The van der Waals surface area contributed by atoms with E-state index >= 15 is 0 Å². The van der Waals surface area contributed by atoms with Crippen molar-refractivity contribution in [3.63, 3.8) is 0 Å². The molecule has 2 rings (SSSR count). The predicted octanol–water partition coefficient (Wildman–Crippen LogP) is 2.62. The SMILES string of the molecule is COc1ccc2cc(C(C)=C(C#N)C#N)c(=O)oc2c1. The van der Waals surface area contributed by atoms with Gasteiger partial charge >= 0.3 is 5.63 Å². The van der Waals surface area contributed by atoms with Crippen LogP contribution >= 0.6 is 0 Å². The van der Waals surface area contributed by atoms with Crippen molar-refractivity contribution >= 4 is 16.5 Å². The maximum absolute atomic E-state index is 12.0. The highest BCUT2D eigenvalue weighted by Crippen LogP contribution is 2.23. The predicted molar refractivity (Wildman–Crippen MR) is 72.9 cm³/mol. The molecule has 0 amide bonds. The molecule has 0 bridgehead atoms. The van der Waals surface area contributed by atoms with Crippen molar-refractivity contribution in [1.29, 1.82) is 10.5 Å².